The van der Waals surface area contributed by atoms with Gasteiger partial charge in [-0.05, 0) is 47.0 Å². The monoisotopic (exact) mass is 433 g/mol. The van der Waals surface area contributed by atoms with Crippen LogP contribution in [0.5, 0.6) is 23.0 Å². The van der Waals surface area contributed by atoms with Gasteiger partial charge < -0.3 is 24.3 Å². The number of ether oxygens (including phenoxy) is 4. The number of methoxy groups -OCH3 is 3. The normalized spacial score (nSPS) is 10.6. The lowest BCUT2D eigenvalue weighted by Gasteiger charge is -2.14. The second kappa shape index (κ2) is 11.5. The van der Waals surface area contributed by atoms with E-state index in [2.05, 4.69) is 5.32 Å². The van der Waals surface area contributed by atoms with Gasteiger partial charge in [0.05, 0.1) is 21.3 Å². The van der Waals surface area contributed by atoms with Crippen LogP contribution in [0.25, 0.3) is 6.08 Å². The van der Waals surface area contributed by atoms with Crippen LogP contribution in [0.15, 0.2) is 72.8 Å². The Labute approximate surface area is 188 Å². The molecule has 0 fully saturated rings. The Bertz CT molecular complexity index is 1040. The van der Waals surface area contributed by atoms with E-state index in [-0.39, 0.29) is 5.91 Å². The summed E-state index contributed by atoms with van der Waals surface area (Å²) < 4.78 is 21.9. The van der Waals surface area contributed by atoms with Gasteiger partial charge in [-0.3, -0.25) is 4.79 Å². The second-order valence-corrected chi connectivity index (χ2v) is 6.93. The van der Waals surface area contributed by atoms with Crippen LogP contribution in [0.1, 0.15) is 16.7 Å². The fourth-order valence-electron chi connectivity index (χ4n) is 3.11. The summed E-state index contributed by atoms with van der Waals surface area (Å²) >= 11 is 0. The smallest absolute Gasteiger partial charge is 0.244 e. The van der Waals surface area contributed by atoms with Gasteiger partial charge in [-0.1, -0.05) is 42.5 Å². The van der Waals surface area contributed by atoms with Crippen LogP contribution in [0.4, 0.5) is 0 Å². The van der Waals surface area contributed by atoms with Gasteiger partial charge in [0.2, 0.25) is 11.7 Å². The molecular formula is C26H27NO5. The van der Waals surface area contributed by atoms with Crippen molar-refractivity contribution in [2.45, 2.75) is 13.2 Å². The minimum Gasteiger partial charge on any atom is -0.493 e. The van der Waals surface area contributed by atoms with Crippen molar-refractivity contribution in [1.82, 2.24) is 5.32 Å². The highest BCUT2D eigenvalue weighted by Crippen LogP contribution is 2.38. The van der Waals surface area contributed by atoms with Crippen molar-refractivity contribution in [2.24, 2.45) is 0 Å². The maximum atomic E-state index is 12.3. The van der Waals surface area contributed by atoms with Crippen molar-refractivity contribution in [3.63, 3.8) is 0 Å². The van der Waals surface area contributed by atoms with E-state index in [0.29, 0.717) is 30.4 Å². The third kappa shape index (κ3) is 6.28. The zero-order chi connectivity index (χ0) is 22.8. The van der Waals surface area contributed by atoms with E-state index in [1.54, 1.807) is 39.5 Å². The lowest BCUT2D eigenvalue weighted by Crippen LogP contribution is -2.20. The molecule has 6 nitrogen and oxygen atoms in total. The molecule has 3 aromatic rings. The molecule has 0 spiro atoms. The molecule has 0 aliphatic carbocycles. The van der Waals surface area contributed by atoms with E-state index in [1.165, 1.54) is 6.08 Å². The van der Waals surface area contributed by atoms with Gasteiger partial charge in [-0.2, -0.15) is 0 Å². The predicted molar refractivity (Wildman–Crippen MR) is 124 cm³/mol. The maximum absolute atomic E-state index is 12.3. The molecule has 0 saturated heterocycles. The fraction of sp³-hybridized carbons (Fsp3) is 0.192. The largest absolute Gasteiger partial charge is 0.493 e. The van der Waals surface area contributed by atoms with Crippen LogP contribution in [0.2, 0.25) is 0 Å². The molecule has 6 heteroatoms. The summed E-state index contributed by atoms with van der Waals surface area (Å²) in [6.45, 7) is 0.809. The molecule has 0 radical (unpaired) electrons. The van der Waals surface area contributed by atoms with Crippen molar-refractivity contribution >= 4 is 12.0 Å². The summed E-state index contributed by atoms with van der Waals surface area (Å²) in [5, 5.41) is 2.86. The van der Waals surface area contributed by atoms with Gasteiger partial charge in [-0.25, -0.2) is 0 Å². The van der Waals surface area contributed by atoms with Crippen LogP contribution in [-0.4, -0.2) is 27.2 Å². The van der Waals surface area contributed by atoms with E-state index in [1.807, 2.05) is 54.6 Å². The summed E-state index contributed by atoms with van der Waals surface area (Å²) in [5.41, 5.74) is 2.80. The number of hydrogen-bond donors (Lipinski definition) is 1. The summed E-state index contributed by atoms with van der Waals surface area (Å²) in [4.78, 5) is 12.3. The SMILES string of the molecule is COc1cc(CNC(=O)/C=C/c2cccc(OCc3ccccc3)c2)cc(OC)c1OC. The van der Waals surface area contributed by atoms with Crippen LogP contribution >= 0.6 is 0 Å². The van der Waals surface area contributed by atoms with Gasteiger partial charge >= 0.3 is 0 Å². The molecule has 0 aliphatic heterocycles. The zero-order valence-electron chi connectivity index (χ0n) is 18.5. The Balaban J connectivity index is 1.57. The maximum Gasteiger partial charge on any atom is 0.244 e. The molecule has 0 atom stereocenters. The predicted octanol–water partition coefficient (Wildman–Crippen LogP) is 4.62. The Morgan fingerprint density at radius 1 is 0.844 bits per heavy atom. The highest BCUT2D eigenvalue weighted by Gasteiger charge is 2.13. The summed E-state index contributed by atoms with van der Waals surface area (Å²) in [5.74, 6) is 2.13. The summed E-state index contributed by atoms with van der Waals surface area (Å²) in [7, 11) is 4.66. The number of amides is 1. The molecular weight excluding hydrogens is 406 g/mol. The van der Waals surface area contributed by atoms with Gasteiger partial charge in [0.1, 0.15) is 12.4 Å². The number of nitrogens with one attached hydrogen (secondary N) is 1. The number of rotatable bonds is 10. The van der Waals surface area contributed by atoms with E-state index >= 15 is 0 Å². The first kappa shape index (κ1) is 22.7. The van der Waals surface area contributed by atoms with Gasteiger partial charge in [0.15, 0.2) is 11.5 Å². The van der Waals surface area contributed by atoms with Gasteiger partial charge in [0.25, 0.3) is 0 Å². The minimum absolute atomic E-state index is 0.214. The van der Waals surface area contributed by atoms with Crippen LogP contribution in [0.3, 0.4) is 0 Å². The molecule has 3 rings (SSSR count). The Kier molecular flexibility index (Phi) is 8.15. The number of carbonyl (C=O) groups excluding carboxylic acids is 1. The van der Waals surface area contributed by atoms with Gasteiger partial charge in [0, 0.05) is 12.6 Å². The quantitative estimate of drug-likeness (QED) is 0.473. The fourth-order valence-corrected chi connectivity index (χ4v) is 3.11. The molecule has 0 aliphatic rings. The van der Waals surface area contributed by atoms with Crippen LogP contribution < -0.4 is 24.3 Å². The molecule has 1 amide bonds. The number of hydrogen-bond acceptors (Lipinski definition) is 5. The number of benzene rings is 3. The summed E-state index contributed by atoms with van der Waals surface area (Å²) in [6.07, 6.45) is 3.24. The molecule has 166 valence electrons. The van der Waals surface area contributed by atoms with Crippen LogP contribution in [-0.2, 0) is 17.9 Å². The first-order chi connectivity index (χ1) is 15.6. The number of carbonyl (C=O) groups is 1. The molecule has 0 heterocycles. The molecule has 32 heavy (non-hydrogen) atoms. The molecule has 0 aromatic heterocycles. The average Bonchev–Trinajstić information content (AvgIpc) is 2.85. The average molecular weight is 434 g/mol. The van der Waals surface area contributed by atoms with E-state index in [0.717, 1.165) is 22.4 Å². The first-order valence-corrected chi connectivity index (χ1v) is 10.1. The standard InChI is InChI=1S/C26H27NO5/c1-29-23-15-21(16-24(30-2)26(23)31-3)17-27-25(28)13-12-19-10-7-11-22(14-19)32-18-20-8-5-4-6-9-20/h4-16H,17-18H2,1-3H3,(H,27,28)/b13-12+. The van der Waals surface area contributed by atoms with E-state index < -0.39 is 0 Å². The molecule has 3 aromatic carbocycles. The Morgan fingerprint density at radius 3 is 2.22 bits per heavy atom. The van der Waals surface area contributed by atoms with Gasteiger partial charge in [-0.15, -0.1) is 0 Å². The second-order valence-electron chi connectivity index (χ2n) is 6.93. The first-order valence-electron chi connectivity index (χ1n) is 10.1. The lowest BCUT2D eigenvalue weighted by molar-refractivity contribution is -0.116. The van der Waals surface area contributed by atoms with Crippen molar-refractivity contribution in [1.29, 1.82) is 0 Å². The Morgan fingerprint density at radius 2 is 1.56 bits per heavy atom. The Hall–Kier alpha value is -3.93. The van der Waals surface area contributed by atoms with Crippen LogP contribution in [0, 0.1) is 0 Å². The third-order valence-corrected chi connectivity index (χ3v) is 4.72. The topological polar surface area (TPSA) is 66.0 Å². The molecule has 0 bridgehead atoms. The molecule has 0 unspecified atom stereocenters. The van der Waals surface area contributed by atoms with Crippen molar-refractivity contribution in [3.05, 3.63) is 89.5 Å². The highest BCUT2D eigenvalue weighted by atomic mass is 16.5. The van der Waals surface area contributed by atoms with Crippen molar-refractivity contribution in [3.8, 4) is 23.0 Å². The molecule has 1 N–H and O–H groups in total. The van der Waals surface area contributed by atoms with Crippen molar-refractivity contribution in [2.75, 3.05) is 21.3 Å². The van der Waals surface area contributed by atoms with Crippen molar-refractivity contribution < 1.29 is 23.7 Å². The zero-order valence-corrected chi connectivity index (χ0v) is 18.5. The van der Waals surface area contributed by atoms with E-state index in [9.17, 15) is 4.79 Å². The minimum atomic E-state index is -0.214. The van der Waals surface area contributed by atoms with E-state index in [4.69, 9.17) is 18.9 Å². The third-order valence-electron chi connectivity index (χ3n) is 4.72. The lowest BCUT2D eigenvalue weighted by atomic mass is 10.1. The molecule has 0 saturated carbocycles. The summed E-state index contributed by atoms with van der Waals surface area (Å²) in [6, 6.07) is 21.2. The highest BCUT2D eigenvalue weighted by molar-refractivity contribution is 5.91.